The third-order valence-electron chi connectivity index (χ3n) is 2.32. The van der Waals surface area contributed by atoms with Gasteiger partial charge >= 0.3 is 5.97 Å². The second kappa shape index (κ2) is 5.79. The number of hydrogen-bond donors (Lipinski definition) is 0. The Morgan fingerprint density at radius 3 is 2.89 bits per heavy atom. The van der Waals surface area contributed by atoms with Gasteiger partial charge in [0.25, 0.3) is 0 Å². The molecule has 0 fully saturated rings. The van der Waals surface area contributed by atoms with E-state index in [0.29, 0.717) is 10.6 Å². The molecule has 0 atom stereocenters. The Hall–Kier alpha value is -1.95. The van der Waals surface area contributed by atoms with E-state index in [-0.39, 0.29) is 23.2 Å². The molecule has 2 aromatic rings. The zero-order valence-corrected chi connectivity index (χ0v) is 11.3. The molecule has 6 heteroatoms. The number of benzene rings is 1. The summed E-state index contributed by atoms with van der Waals surface area (Å²) in [6.45, 7) is 1.99. The van der Waals surface area contributed by atoms with Crippen LogP contribution in [-0.2, 0) is 4.74 Å². The van der Waals surface area contributed by atoms with E-state index in [1.54, 1.807) is 19.1 Å². The van der Waals surface area contributed by atoms with Crippen LogP contribution in [0.4, 0.5) is 4.39 Å². The second-order valence-corrected chi connectivity index (χ2v) is 4.59. The maximum atomic E-state index is 13.2. The molecule has 1 aromatic carbocycles. The number of aromatic nitrogens is 1. The molecule has 0 bridgehead atoms. The van der Waals surface area contributed by atoms with E-state index in [1.807, 2.05) is 0 Å². The molecule has 100 valence electrons. The summed E-state index contributed by atoms with van der Waals surface area (Å²) in [5, 5.41) is 0.513. The fourth-order valence-corrected chi connectivity index (χ4v) is 2.44. The van der Waals surface area contributed by atoms with Crippen molar-refractivity contribution in [3.8, 4) is 16.5 Å². The summed E-state index contributed by atoms with van der Waals surface area (Å²) in [6, 6.07) is 6.01. The molecule has 0 aliphatic carbocycles. The molecule has 1 heterocycles. The van der Waals surface area contributed by atoms with Crippen molar-refractivity contribution in [2.45, 2.75) is 6.92 Å². The predicted molar refractivity (Wildman–Crippen MR) is 70.0 cm³/mol. The molecule has 1 aromatic heterocycles. The first-order valence-corrected chi connectivity index (χ1v) is 6.45. The van der Waals surface area contributed by atoms with Crippen LogP contribution in [0.3, 0.4) is 0 Å². The van der Waals surface area contributed by atoms with Gasteiger partial charge in [-0.3, -0.25) is 0 Å². The highest BCUT2D eigenvalue weighted by Gasteiger charge is 2.20. The first kappa shape index (κ1) is 13.5. The number of nitrogens with zero attached hydrogens (tertiary/aromatic N) is 1. The molecule has 0 N–H and O–H groups in total. The van der Waals surface area contributed by atoms with E-state index in [9.17, 15) is 9.18 Å². The van der Waals surface area contributed by atoms with E-state index < -0.39 is 5.97 Å². The van der Waals surface area contributed by atoms with Gasteiger partial charge in [-0.2, -0.15) is 0 Å². The van der Waals surface area contributed by atoms with Crippen LogP contribution in [0, 0.1) is 5.82 Å². The lowest BCUT2D eigenvalue weighted by Crippen LogP contribution is -2.04. The van der Waals surface area contributed by atoms with Crippen LogP contribution in [0.25, 0.3) is 10.6 Å². The minimum Gasteiger partial charge on any atom is -0.480 e. The highest BCUT2D eigenvalue weighted by molar-refractivity contribution is 7.17. The van der Waals surface area contributed by atoms with Crippen LogP contribution in [0.5, 0.6) is 5.88 Å². The fourth-order valence-electron chi connectivity index (χ4n) is 1.52. The average molecular weight is 281 g/mol. The summed E-state index contributed by atoms with van der Waals surface area (Å²) in [4.78, 5) is 16.2. The Morgan fingerprint density at radius 2 is 2.26 bits per heavy atom. The lowest BCUT2D eigenvalue weighted by molar-refractivity contribution is 0.0528. The average Bonchev–Trinajstić information content (AvgIpc) is 2.83. The van der Waals surface area contributed by atoms with Crippen molar-refractivity contribution in [3.63, 3.8) is 0 Å². The first-order chi connectivity index (χ1) is 9.15. The molecule has 0 radical (unpaired) electrons. The Morgan fingerprint density at radius 1 is 1.47 bits per heavy atom. The number of carbonyl (C=O) groups is 1. The Kier molecular flexibility index (Phi) is 4.11. The monoisotopic (exact) mass is 281 g/mol. The number of hydrogen-bond acceptors (Lipinski definition) is 5. The quantitative estimate of drug-likeness (QED) is 0.808. The van der Waals surface area contributed by atoms with Gasteiger partial charge in [-0.05, 0) is 19.1 Å². The van der Waals surface area contributed by atoms with Crippen LogP contribution >= 0.6 is 11.3 Å². The number of carbonyl (C=O) groups excluding carboxylic acids is 1. The molecule has 2 rings (SSSR count). The minimum absolute atomic E-state index is 0.197. The summed E-state index contributed by atoms with van der Waals surface area (Å²) in [5.74, 6) is -0.647. The molecule has 4 nitrogen and oxygen atoms in total. The summed E-state index contributed by atoms with van der Waals surface area (Å²) in [6.07, 6.45) is 0. The smallest absolute Gasteiger partial charge is 0.354 e. The van der Waals surface area contributed by atoms with Crippen LogP contribution in [0.15, 0.2) is 24.3 Å². The number of thiazole rings is 1. The van der Waals surface area contributed by atoms with Gasteiger partial charge in [0.1, 0.15) is 10.8 Å². The van der Waals surface area contributed by atoms with Crippen molar-refractivity contribution >= 4 is 17.3 Å². The van der Waals surface area contributed by atoms with Crippen molar-refractivity contribution in [2.24, 2.45) is 0 Å². The van der Waals surface area contributed by atoms with E-state index in [4.69, 9.17) is 9.47 Å². The minimum atomic E-state index is -0.487. The Balaban J connectivity index is 2.41. The van der Waals surface area contributed by atoms with Crippen LogP contribution in [0.2, 0.25) is 0 Å². The van der Waals surface area contributed by atoms with Gasteiger partial charge in [-0.15, -0.1) is 11.3 Å². The Bertz CT molecular complexity index is 597. The zero-order chi connectivity index (χ0) is 13.8. The Labute approximate surface area is 113 Å². The maximum Gasteiger partial charge on any atom is 0.354 e. The van der Waals surface area contributed by atoms with Crippen molar-refractivity contribution < 1.29 is 18.7 Å². The fraction of sp³-hybridized carbons (Fsp3) is 0.231. The highest BCUT2D eigenvalue weighted by atomic mass is 32.1. The number of methoxy groups -OCH3 is 1. The van der Waals surface area contributed by atoms with Crippen molar-refractivity contribution in [1.29, 1.82) is 0 Å². The third kappa shape index (κ3) is 2.90. The summed E-state index contributed by atoms with van der Waals surface area (Å²) >= 11 is 1.12. The molecule has 0 saturated heterocycles. The van der Waals surface area contributed by atoms with Crippen LogP contribution < -0.4 is 4.74 Å². The van der Waals surface area contributed by atoms with E-state index >= 15 is 0 Å². The normalized spacial score (nSPS) is 10.3. The highest BCUT2D eigenvalue weighted by Crippen LogP contribution is 2.33. The van der Waals surface area contributed by atoms with Gasteiger partial charge in [0, 0.05) is 5.56 Å². The lowest BCUT2D eigenvalue weighted by Gasteiger charge is -1.99. The van der Waals surface area contributed by atoms with Gasteiger partial charge < -0.3 is 9.47 Å². The zero-order valence-electron chi connectivity index (χ0n) is 10.5. The van der Waals surface area contributed by atoms with Crippen molar-refractivity contribution in [3.05, 3.63) is 35.0 Å². The standard InChI is InChI=1S/C13H12FNO3S/c1-3-18-13(16)10-11(17-2)15-12(19-10)8-5-4-6-9(14)7-8/h4-7H,3H2,1-2H3. The molecule has 0 saturated carbocycles. The molecule has 0 amide bonds. The molecule has 0 aliphatic heterocycles. The molecule has 0 spiro atoms. The molecular formula is C13H12FNO3S. The molecule has 0 aliphatic rings. The SMILES string of the molecule is CCOC(=O)c1sc(-c2cccc(F)c2)nc1OC. The first-order valence-electron chi connectivity index (χ1n) is 5.63. The predicted octanol–water partition coefficient (Wildman–Crippen LogP) is 3.13. The lowest BCUT2D eigenvalue weighted by atomic mass is 10.2. The summed E-state index contributed by atoms with van der Waals surface area (Å²) in [7, 11) is 1.42. The molecule has 19 heavy (non-hydrogen) atoms. The van der Waals surface area contributed by atoms with Crippen LogP contribution in [0.1, 0.15) is 16.6 Å². The van der Waals surface area contributed by atoms with E-state index in [1.165, 1.54) is 19.2 Å². The molecular weight excluding hydrogens is 269 g/mol. The van der Waals surface area contributed by atoms with Gasteiger partial charge in [-0.1, -0.05) is 12.1 Å². The maximum absolute atomic E-state index is 13.2. The van der Waals surface area contributed by atoms with Gasteiger partial charge in [0.15, 0.2) is 4.88 Å². The summed E-state index contributed by atoms with van der Waals surface area (Å²) in [5.41, 5.74) is 0.596. The summed E-state index contributed by atoms with van der Waals surface area (Å²) < 4.78 is 23.1. The van der Waals surface area contributed by atoms with Gasteiger partial charge in [0.2, 0.25) is 5.88 Å². The van der Waals surface area contributed by atoms with E-state index in [2.05, 4.69) is 4.98 Å². The second-order valence-electron chi connectivity index (χ2n) is 3.59. The van der Waals surface area contributed by atoms with Gasteiger partial charge in [-0.25, -0.2) is 14.2 Å². The number of rotatable bonds is 4. The van der Waals surface area contributed by atoms with Crippen LogP contribution in [-0.4, -0.2) is 24.7 Å². The van der Waals surface area contributed by atoms with Crippen molar-refractivity contribution in [1.82, 2.24) is 4.98 Å². The number of halogens is 1. The molecule has 0 unspecified atom stereocenters. The van der Waals surface area contributed by atoms with Gasteiger partial charge in [0.05, 0.1) is 13.7 Å². The topological polar surface area (TPSA) is 48.4 Å². The van der Waals surface area contributed by atoms with Crippen molar-refractivity contribution in [2.75, 3.05) is 13.7 Å². The number of esters is 1. The largest absolute Gasteiger partial charge is 0.480 e. The number of ether oxygens (including phenoxy) is 2. The van der Waals surface area contributed by atoms with E-state index in [0.717, 1.165) is 11.3 Å². The third-order valence-corrected chi connectivity index (χ3v) is 3.39.